The van der Waals surface area contributed by atoms with Crippen LogP contribution in [-0.4, -0.2) is 12.5 Å². The highest BCUT2D eigenvalue weighted by molar-refractivity contribution is 5.94. The van der Waals surface area contributed by atoms with Gasteiger partial charge < -0.3 is 10.7 Å². The van der Waals surface area contributed by atoms with Gasteiger partial charge in [0.15, 0.2) is 0 Å². The smallest absolute Gasteiger partial charge is 0.352 e. The Morgan fingerprint density at radius 1 is 1.24 bits per heavy atom. The van der Waals surface area contributed by atoms with E-state index in [4.69, 9.17) is 5.84 Å². The molecule has 0 unspecified atom stereocenters. The molecule has 1 rings (SSSR count). The van der Waals surface area contributed by atoms with Crippen LogP contribution in [0.3, 0.4) is 0 Å². The van der Waals surface area contributed by atoms with E-state index >= 15 is 0 Å². The molecule has 0 aliphatic rings. The van der Waals surface area contributed by atoms with Crippen LogP contribution < -0.4 is 16.6 Å². The quantitative estimate of drug-likeness (QED) is 0.411. The number of carbonyl (C=O) groups excluding carboxylic acids is 1. The molecule has 0 aromatic heterocycles. The maximum absolute atomic E-state index is 12.8. The molecule has 0 radical (unpaired) electrons. The van der Waals surface area contributed by atoms with Gasteiger partial charge in [-0.05, 0) is 24.6 Å². The normalized spacial score (nSPS) is 11.3. The SMILES string of the molecule is CCCCCCNC(=O)c1ccc(NN)c(C(F)(F)F)c1. The van der Waals surface area contributed by atoms with Crippen molar-refractivity contribution in [1.82, 2.24) is 5.32 Å². The summed E-state index contributed by atoms with van der Waals surface area (Å²) in [5, 5.41) is 2.62. The van der Waals surface area contributed by atoms with Crippen molar-refractivity contribution in [3.8, 4) is 0 Å². The summed E-state index contributed by atoms with van der Waals surface area (Å²) in [6.07, 6.45) is -0.616. The summed E-state index contributed by atoms with van der Waals surface area (Å²) in [5.41, 5.74) is 0.735. The van der Waals surface area contributed by atoms with E-state index in [1.54, 1.807) is 0 Å². The largest absolute Gasteiger partial charge is 0.418 e. The van der Waals surface area contributed by atoms with E-state index in [0.717, 1.165) is 37.8 Å². The van der Waals surface area contributed by atoms with Gasteiger partial charge in [-0.1, -0.05) is 26.2 Å². The Morgan fingerprint density at radius 3 is 2.52 bits per heavy atom. The molecule has 0 saturated carbocycles. The fraction of sp³-hybridized carbons (Fsp3) is 0.500. The fourth-order valence-electron chi connectivity index (χ4n) is 1.90. The van der Waals surface area contributed by atoms with Crippen LogP contribution in [0.25, 0.3) is 0 Å². The van der Waals surface area contributed by atoms with E-state index in [9.17, 15) is 18.0 Å². The standard InChI is InChI=1S/C14H20F3N3O/c1-2-3-4-5-8-19-13(21)10-6-7-12(20-18)11(9-10)14(15,16)17/h6-7,9,20H,2-5,8,18H2,1H3,(H,19,21). The van der Waals surface area contributed by atoms with Crippen LogP contribution in [0.4, 0.5) is 18.9 Å². The van der Waals surface area contributed by atoms with Gasteiger partial charge in [0.2, 0.25) is 0 Å². The second kappa shape index (κ2) is 7.87. The molecular weight excluding hydrogens is 283 g/mol. The zero-order chi connectivity index (χ0) is 15.9. The monoisotopic (exact) mass is 303 g/mol. The van der Waals surface area contributed by atoms with Crippen molar-refractivity contribution in [3.63, 3.8) is 0 Å². The molecule has 0 atom stereocenters. The first-order chi connectivity index (χ1) is 9.90. The summed E-state index contributed by atoms with van der Waals surface area (Å²) < 4.78 is 38.5. The summed E-state index contributed by atoms with van der Waals surface area (Å²) in [7, 11) is 0. The number of carbonyl (C=O) groups is 1. The van der Waals surface area contributed by atoms with Crippen molar-refractivity contribution in [3.05, 3.63) is 29.3 Å². The molecular formula is C14H20F3N3O. The van der Waals surface area contributed by atoms with E-state index in [1.165, 1.54) is 6.07 Å². The molecule has 0 spiro atoms. The van der Waals surface area contributed by atoms with Crippen LogP contribution in [0, 0.1) is 0 Å². The molecule has 0 heterocycles. The number of amides is 1. The molecule has 1 aromatic carbocycles. The van der Waals surface area contributed by atoms with Gasteiger partial charge in [-0.15, -0.1) is 0 Å². The molecule has 118 valence electrons. The molecule has 0 aliphatic heterocycles. The number of benzene rings is 1. The zero-order valence-corrected chi connectivity index (χ0v) is 11.9. The highest BCUT2D eigenvalue weighted by Crippen LogP contribution is 2.35. The predicted molar refractivity (Wildman–Crippen MR) is 75.7 cm³/mol. The van der Waals surface area contributed by atoms with Gasteiger partial charge in [0.05, 0.1) is 11.3 Å². The molecule has 21 heavy (non-hydrogen) atoms. The highest BCUT2D eigenvalue weighted by Gasteiger charge is 2.34. The lowest BCUT2D eigenvalue weighted by Crippen LogP contribution is -2.25. The van der Waals surface area contributed by atoms with Crippen molar-refractivity contribution in [2.75, 3.05) is 12.0 Å². The van der Waals surface area contributed by atoms with Crippen LogP contribution >= 0.6 is 0 Å². The van der Waals surface area contributed by atoms with Gasteiger partial charge in [0.1, 0.15) is 0 Å². The number of rotatable bonds is 7. The van der Waals surface area contributed by atoms with E-state index in [-0.39, 0.29) is 11.3 Å². The number of alkyl halides is 3. The van der Waals surface area contributed by atoms with Crippen LogP contribution in [0.15, 0.2) is 18.2 Å². The maximum atomic E-state index is 12.8. The Balaban J connectivity index is 2.73. The average Bonchev–Trinajstić information content (AvgIpc) is 2.45. The number of hydrogen-bond donors (Lipinski definition) is 3. The minimum Gasteiger partial charge on any atom is -0.352 e. The number of anilines is 1. The molecule has 1 aromatic rings. The Labute approximate surface area is 121 Å². The Hall–Kier alpha value is -1.76. The lowest BCUT2D eigenvalue weighted by molar-refractivity contribution is -0.137. The first-order valence-electron chi connectivity index (χ1n) is 6.86. The number of unbranched alkanes of at least 4 members (excludes halogenated alkanes) is 3. The number of halogens is 3. The summed E-state index contributed by atoms with van der Waals surface area (Å²) >= 11 is 0. The molecule has 0 saturated heterocycles. The van der Waals surface area contributed by atoms with E-state index < -0.39 is 17.6 Å². The van der Waals surface area contributed by atoms with Crippen LogP contribution in [0.2, 0.25) is 0 Å². The second-order valence-corrected chi connectivity index (χ2v) is 4.72. The highest BCUT2D eigenvalue weighted by atomic mass is 19.4. The molecule has 4 nitrogen and oxygen atoms in total. The third kappa shape index (κ3) is 5.26. The summed E-state index contributed by atoms with van der Waals surface area (Å²) in [5.74, 6) is 4.54. The minimum absolute atomic E-state index is 0.0307. The van der Waals surface area contributed by atoms with E-state index in [0.29, 0.717) is 6.54 Å². The van der Waals surface area contributed by atoms with Crippen LogP contribution in [-0.2, 0) is 6.18 Å². The molecule has 0 aliphatic carbocycles. The molecule has 4 N–H and O–H groups in total. The fourth-order valence-corrected chi connectivity index (χ4v) is 1.90. The van der Waals surface area contributed by atoms with Gasteiger partial charge >= 0.3 is 6.18 Å². The Bertz CT molecular complexity index is 475. The van der Waals surface area contributed by atoms with Gasteiger partial charge in [-0.3, -0.25) is 10.6 Å². The number of hydrazine groups is 1. The lowest BCUT2D eigenvalue weighted by atomic mass is 10.1. The van der Waals surface area contributed by atoms with Gasteiger partial charge in [0, 0.05) is 12.1 Å². The summed E-state index contributed by atoms with van der Waals surface area (Å²) in [4.78, 5) is 11.8. The Kier molecular flexibility index (Phi) is 6.48. The predicted octanol–water partition coefficient (Wildman–Crippen LogP) is 3.30. The third-order valence-electron chi connectivity index (χ3n) is 3.06. The van der Waals surface area contributed by atoms with Gasteiger partial charge in [-0.25, -0.2) is 0 Å². The number of nitrogens with two attached hydrogens (primary N) is 1. The number of nitrogen functional groups attached to an aromatic ring is 1. The van der Waals surface area contributed by atoms with Crippen molar-refractivity contribution in [2.24, 2.45) is 5.84 Å². The van der Waals surface area contributed by atoms with Crippen molar-refractivity contribution < 1.29 is 18.0 Å². The zero-order valence-electron chi connectivity index (χ0n) is 11.9. The maximum Gasteiger partial charge on any atom is 0.418 e. The van der Waals surface area contributed by atoms with Crippen LogP contribution in [0.1, 0.15) is 48.5 Å². The van der Waals surface area contributed by atoms with Crippen molar-refractivity contribution in [2.45, 2.75) is 38.8 Å². The topological polar surface area (TPSA) is 67.2 Å². The van der Waals surface area contributed by atoms with E-state index in [2.05, 4.69) is 12.2 Å². The summed E-state index contributed by atoms with van der Waals surface area (Å²) in [6.45, 7) is 2.53. The average molecular weight is 303 g/mol. The second-order valence-electron chi connectivity index (χ2n) is 4.72. The molecule has 7 heteroatoms. The number of hydrogen-bond acceptors (Lipinski definition) is 3. The third-order valence-corrected chi connectivity index (χ3v) is 3.06. The van der Waals surface area contributed by atoms with Crippen LogP contribution in [0.5, 0.6) is 0 Å². The van der Waals surface area contributed by atoms with Crippen molar-refractivity contribution in [1.29, 1.82) is 0 Å². The van der Waals surface area contributed by atoms with Crippen molar-refractivity contribution >= 4 is 11.6 Å². The molecule has 0 bridgehead atoms. The lowest BCUT2D eigenvalue weighted by Gasteiger charge is -2.14. The minimum atomic E-state index is -4.57. The first-order valence-corrected chi connectivity index (χ1v) is 6.86. The molecule has 0 fully saturated rings. The molecule has 1 amide bonds. The Morgan fingerprint density at radius 2 is 1.95 bits per heavy atom. The first kappa shape index (κ1) is 17.3. The van der Waals surface area contributed by atoms with Gasteiger partial charge in [-0.2, -0.15) is 13.2 Å². The van der Waals surface area contributed by atoms with Gasteiger partial charge in [0.25, 0.3) is 5.91 Å². The van der Waals surface area contributed by atoms with E-state index in [1.807, 2.05) is 5.43 Å². The number of nitrogens with one attached hydrogen (secondary N) is 2. The summed E-state index contributed by atoms with van der Waals surface area (Å²) in [6, 6.07) is 3.26.